The fourth-order valence-electron chi connectivity index (χ4n) is 3.70. The first-order chi connectivity index (χ1) is 17.7. The molecule has 37 heavy (non-hydrogen) atoms. The Kier molecular flexibility index (Phi) is 6.97. The van der Waals surface area contributed by atoms with Crippen molar-refractivity contribution in [2.45, 2.75) is 12.8 Å². The maximum atomic E-state index is 13.5. The van der Waals surface area contributed by atoms with Gasteiger partial charge in [0, 0.05) is 17.1 Å². The van der Waals surface area contributed by atoms with Gasteiger partial charge in [0.15, 0.2) is 17.2 Å². The van der Waals surface area contributed by atoms with E-state index in [9.17, 15) is 8.78 Å². The van der Waals surface area contributed by atoms with E-state index in [0.717, 1.165) is 28.8 Å². The lowest BCUT2D eigenvalue weighted by Gasteiger charge is -2.23. The van der Waals surface area contributed by atoms with Crippen molar-refractivity contribution in [1.29, 1.82) is 0 Å². The van der Waals surface area contributed by atoms with Crippen LogP contribution < -0.4 is 19.0 Å². The Balaban J connectivity index is 1.56. The molecule has 1 aliphatic rings. The molecule has 0 fully saturated rings. The Hall–Kier alpha value is -3.35. The predicted octanol–water partition coefficient (Wildman–Crippen LogP) is 4.46. The number of tetrazole rings is 1. The van der Waals surface area contributed by atoms with Gasteiger partial charge in [-0.15, -0.1) is 0 Å². The summed E-state index contributed by atoms with van der Waals surface area (Å²) in [5, 5.41) is 9.42. The summed E-state index contributed by atoms with van der Waals surface area (Å²) in [6.07, 6.45) is -1.98. The zero-order valence-corrected chi connectivity index (χ0v) is 22.0. The molecule has 1 aliphatic heterocycles. The number of alkyl halides is 2. The van der Waals surface area contributed by atoms with Crippen LogP contribution in [0.15, 0.2) is 42.5 Å². The van der Waals surface area contributed by atoms with Crippen LogP contribution in [-0.4, -0.2) is 65.5 Å². The molecule has 5 rings (SSSR count). The van der Waals surface area contributed by atoms with E-state index in [1.165, 1.54) is 9.59 Å². The molecule has 2 aromatic heterocycles. The highest BCUT2D eigenvalue weighted by Gasteiger charge is 2.31. The van der Waals surface area contributed by atoms with Crippen molar-refractivity contribution in [1.82, 2.24) is 20.0 Å². The van der Waals surface area contributed by atoms with E-state index in [1.807, 2.05) is 24.3 Å². The molecular formula is C24H25ClF2N6O3S+2. The van der Waals surface area contributed by atoms with E-state index < -0.39 is 12.1 Å². The Morgan fingerprint density at radius 1 is 1.16 bits per heavy atom. The van der Waals surface area contributed by atoms with Gasteiger partial charge in [0.2, 0.25) is 12.5 Å². The molecule has 3 heterocycles. The molecule has 0 amide bonds. The van der Waals surface area contributed by atoms with Crippen molar-refractivity contribution in [3.63, 3.8) is 0 Å². The third-order valence-electron chi connectivity index (χ3n) is 5.48. The van der Waals surface area contributed by atoms with Gasteiger partial charge >= 0.3 is 5.13 Å². The Bertz CT molecular complexity index is 1420. The molecule has 0 aliphatic carbocycles. The number of quaternary nitrogens is 1. The van der Waals surface area contributed by atoms with E-state index in [0.29, 0.717) is 40.9 Å². The molecule has 0 saturated heterocycles. The molecule has 0 N–H and O–H groups in total. The molecule has 0 unspecified atom stereocenters. The summed E-state index contributed by atoms with van der Waals surface area (Å²) in [4.78, 5) is 6.87. The number of fused-ring (bicyclic) bond motifs is 1. The molecule has 0 bridgehead atoms. The monoisotopic (exact) mass is 550 g/mol. The number of hydrogen-bond donors (Lipinski definition) is 0. The summed E-state index contributed by atoms with van der Waals surface area (Å²) >= 11 is 6.97. The average molecular weight is 551 g/mol. The minimum Gasteiger partial charge on any atom is -0.491 e. The molecule has 13 heteroatoms. The van der Waals surface area contributed by atoms with E-state index in [2.05, 4.69) is 36.3 Å². The number of benzene rings is 2. The SMILES string of the molecule is C[N+](C)(C)CCCOc1ccccc1-n1nc(-c2ccc3c(c2)OCO3)n[n+]1-c1nc(C(F)F)c(Cl)s1. The van der Waals surface area contributed by atoms with Crippen LogP contribution >= 0.6 is 22.9 Å². The number of hydrogen-bond acceptors (Lipinski definition) is 7. The quantitative estimate of drug-likeness (QED) is 0.174. The van der Waals surface area contributed by atoms with Gasteiger partial charge < -0.3 is 18.7 Å². The minimum absolute atomic E-state index is 0.110. The van der Waals surface area contributed by atoms with E-state index in [4.69, 9.17) is 25.8 Å². The van der Waals surface area contributed by atoms with Crippen molar-refractivity contribution in [2.75, 3.05) is 41.1 Å². The maximum absolute atomic E-state index is 13.5. The summed E-state index contributed by atoms with van der Waals surface area (Å²) in [7, 11) is 6.37. The Morgan fingerprint density at radius 2 is 1.95 bits per heavy atom. The summed E-state index contributed by atoms with van der Waals surface area (Å²) in [5.41, 5.74) is 0.713. The molecule has 194 valence electrons. The third-order valence-corrected chi connectivity index (χ3v) is 6.73. The van der Waals surface area contributed by atoms with Gasteiger partial charge in [-0.25, -0.2) is 8.78 Å². The molecule has 2 aromatic carbocycles. The highest BCUT2D eigenvalue weighted by atomic mass is 35.5. The number of nitrogens with zero attached hydrogens (tertiary/aromatic N) is 6. The second-order valence-corrected chi connectivity index (χ2v) is 10.9. The third kappa shape index (κ3) is 5.50. The van der Waals surface area contributed by atoms with Gasteiger partial charge in [-0.2, -0.15) is 0 Å². The number of rotatable bonds is 9. The highest BCUT2D eigenvalue weighted by molar-refractivity contribution is 7.17. The molecule has 4 aromatic rings. The first-order valence-corrected chi connectivity index (χ1v) is 12.7. The van der Waals surface area contributed by atoms with E-state index in [-0.39, 0.29) is 16.3 Å². The minimum atomic E-state index is -2.82. The van der Waals surface area contributed by atoms with Crippen LogP contribution in [0.3, 0.4) is 0 Å². The normalized spacial score (nSPS) is 12.9. The Morgan fingerprint density at radius 3 is 2.70 bits per heavy atom. The summed E-state index contributed by atoms with van der Waals surface area (Å²) in [6, 6.07) is 12.7. The van der Waals surface area contributed by atoms with Gasteiger partial charge in [0.25, 0.3) is 12.2 Å². The molecular weight excluding hydrogens is 526 g/mol. The van der Waals surface area contributed by atoms with Crippen molar-refractivity contribution >= 4 is 22.9 Å². The number of aromatic nitrogens is 5. The van der Waals surface area contributed by atoms with E-state index in [1.54, 1.807) is 18.2 Å². The van der Waals surface area contributed by atoms with Crippen molar-refractivity contribution in [3.8, 4) is 39.5 Å². The maximum Gasteiger partial charge on any atom is 0.366 e. The highest BCUT2D eigenvalue weighted by Crippen LogP contribution is 2.36. The van der Waals surface area contributed by atoms with Crippen LogP contribution in [0.1, 0.15) is 18.5 Å². The van der Waals surface area contributed by atoms with Crippen molar-refractivity contribution in [2.24, 2.45) is 0 Å². The second kappa shape index (κ2) is 10.2. The van der Waals surface area contributed by atoms with Crippen LogP contribution in [-0.2, 0) is 0 Å². The fraction of sp³-hybridized carbons (Fsp3) is 0.333. The lowest BCUT2D eigenvalue weighted by Crippen LogP contribution is -2.43. The van der Waals surface area contributed by atoms with Crippen molar-refractivity contribution < 1.29 is 32.3 Å². The number of para-hydroxylation sites is 2. The first kappa shape index (κ1) is 25.3. The molecule has 0 spiro atoms. The van der Waals surface area contributed by atoms with Gasteiger partial charge in [-0.1, -0.05) is 28.7 Å². The predicted molar refractivity (Wildman–Crippen MR) is 133 cm³/mol. The standard InChI is InChI=1S/C24H25ClF2N6O3S/c1-33(2,3)11-6-12-34-17-8-5-4-7-16(17)31-29-23(15-9-10-18-19(13-15)36-14-35-18)30-32(31)24-28-20(22(26)27)21(25)37-24/h4-5,7-10,13,22H,6,11-12,14H2,1-3H3/q+2. The smallest absolute Gasteiger partial charge is 0.366 e. The first-order valence-electron chi connectivity index (χ1n) is 11.5. The number of halogens is 3. The molecule has 9 nitrogen and oxygen atoms in total. The molecule has 0 saturated carbocycles. The fourth-order valence-corrected chi connectivity index (χ4v) is 4.78. The second-order valence-electron chi connectivity index (χ2n) is 9.31. The van der Waals surface area contributed by atoms with Gasteiger partial charge in [-0.05, 0) is 56.4 Å². The van der Waals surface area contributed by atoms with Gasteiger partial charge in [0.1, 0.15) is 10.1 Å². The average Bonchev–Trinajstić information content (AvgIpc) is 3.58. The Labute approximate surface area is 221 Å². The lowest BCUT2D eigenvalue weighted by atomic mass is 10.2. The zero-order chi connectivity index (χ0) is 26.2. The molecule has 0 radical (unpaired) electrons. The number of thiazole rings is 1. The summed E-state index contributed by atoms with van der Waals surface area (Å²) in [5.74, 6) is 2.08. The summed E-state index contributed by atoms with van der Waals surface area (Å²) < 4.78 is 44.6. The zero-order valence-electron chi connectivity index (χ0n) is 20.4. The van der Waals surface area contributed by atoms with E-state index >= 15 is 0 Å². The lowest BCUT2D eigenvalue weighted by molar-refractivity contribution is -0.870. The number of ether oxygens (including phenoxy) is 3. The van der Waals surface area contributed by atoms with Crippen molar-refractivity contribution in [3.05, 3.63) is 52.5 Å². The van der Waals surface area contributed by atoms with Gasteiger partial charge in [0.05, 0.1) is 34.3 Å². The van der Waals surface area contributed by atoms with Crippen LogP contribution in [0, 0.1) is 0 Å². The topological polar surface area (TPSA) is 75.2 Å². The van der Waals surface area contributed by atoms with Gasteiger partial charge in [-0.3, -0.25) is 0 Å². The van der Waals surface area contributed by atoms with Crippen LogP contribution in [0.5, 0.6) is 17.2 Å². The van der Waals surface area contributed by atoms with Crippen LogP contribution in [0.25, 0.3) is 22.2 Å². The molecule has 0 atom stereocenters. The summed E-state index contributed by atoms with van der Waals surface area (Å²) in [6.45, 7) is 1.57. The van der Waals surface area contributed by atoms with Crippen LogP contribution in [0.2, 0.25) is 4.34 Å². The largest absolute Gasteiger partial charge is 0.491 e. The van der Waals surface area contributed by atoms with Crippen LogP contribution in [0.4, 0.5) is 8.78 Å².